The quantitative estimate of drug-likeness (QED) is 0.886. The van der Waals surface area contributed by atoms with Crippen LogP contribution in [-0.4, -0.2) is 35.4 Å². The Bertz CT molecular complexity index is 372. The first-order valence-electron chi connectivity index (χ1n) is 6.96. The van der Waals surface area contributed by atoms with Gasteiger partial charge in [-0.1, -0.05) is 6.42 Å². The SMILES string of the molecule is Cc1cnnc(N(CC2CCCCN2)C(C)C)c1. The molecule has 1 aromatic rings. The van der Waals surface area contributed by atoms with Crippen LogP contribution in [0.25, 0.3) is 0 Å². The van der Waals surface area contributed by atoms with Gasteiger partial charge in [-0.05, 0) is 51.8 Å². The first kappa shape index (κ1) is 13.3. The van der Waals surface area contributed by atoms with Gasteiger partial charge in [0.25, 0.3) is 0 Å². The van der Waals surface area contributed by atoms with E-state index >= 15 is 0 Å². The molecule has 0 bridgehead atoms. The summed E-state index contributed by atoms with van der Waals surface area (Å²) in [7, 11) is 0. The van der Waals surface area contributed by atoms with Crippen LogP contribution in [0, 0.1) is 6.92 Å². The molecule has 1 aliphatic heterocycles. The van der Waals surface area contributed by atoms with Gasteiger partial charge in [0.05, 0.1) is 6.20 Å². The average Bonchev–Trinajstić information content (AvgIpc) is 2.37. The predicted octanol–water partition coefficient (Wildman–Crippen LogP) is 2.14. The Morgan fingerprint density at radius 2 is 2.28 bits per heavy atom. The van der Waals surface area contributed by atoms with Crippen LogP contribution in [0.1, 0.15) is 38.7 Å². The average molecular weight is 248 g/mol. The van der Waals surface area contributed by atoms with Gasteiger partial charge in [-0.3, -0.25) is 0 Å². The van der Waals surface area contributed by atoms with Gasteiger partial charge in [0, 0.05) is 18.6 Å². The van der Waals surface area contributed by atoms with Crippen molar-refractivity contribution in [2.75, 3.05) is 18.0 Å². The van der Waals surface area contributed by atoms with Crippen LogP contribution in [0.5, 0.6) is 0 Å². The molecule has 1 aliphatic rings. The third-order valence-electron chi connectivity index (χ3n) is 3.53. The molecule has 1 saturated heterocycles. The van der Waals surface area contributed by atoms with E-state index in [9.17, 15) is 0 Å². The first-order valence-corrected chi connectivity index (χ1v) is 6.96. The van der Waals surface area contributed by atoms with Crippen LogP contribution < -0.4 is 10.2 Å². The number of anilines is 1. The molecule has 0 aromatic carbocycles. The third-order valence-corrected chi connectivity index (χ3v) is 3.53. The molecule has 0 amide bonds. The molecule has 0 aliphatic carbocycles. The second kappa shape index (κ2) is 6.14. The Hall–Kier alpha value is -1.16. The minimum absolute atomic E-state index is 0.449. The smallest absolute Gasteiger partial charge is 0.151 e. The molecule has 100 valence electrons. The van der Waals surface area contributed by atoms with Crippen molar-refractivity contribution in [3.8, 4) is 0 Å². The summed E-state index contributed by atoms with van der Waals surface area (Å²) in [5, 5.41) is 11.9. The van der Waals surface area contributed by atoms with Gasteiger partial charge in [-0.25, -0.2) is 0 Å². The molecule has 1 fully saturated rings. The van der Waals surface area contributed by atoms with Crippen LogP contribution in [-0.2, 0) is 0 Å². The molecular formula is C14H24N4. The van der Waals surface area contributed by atoms with E-state index in [4.69, 9.17) is 0 Å². The van der Waals surface area contributed by atoms with E-state index in [2.05, 4.69) is 47.3 Å². The summed E-state index contributed by atoms with van der Waals surface area (Å²) in [6.07, 6.45) is 5.72. The minimum atomic E-state index is 0.449. The molecule has 4 heteroatoms. The van der Waals surface area contributed by atoms with Gasteiger partial charge in [0.2, 0.25) is 0 Å². The fourth-order valence-corrected chi connectivity index (χ4v) is 2.48. The second-order valence-corrected chi connectivity index (χ2v) is 5.48. The standard InChI is InChI=1S/C14H24N4/c1-11(2)18(10-13-6-4-5-7-15-13)14-8-12(3)9-16-17-14/h8-9,11,13,15H,4-7,10H2,1-3H3. The van der Waals surface area contributed by atoms with Crippen LogP contribution in [0.3, 0.4) is 0 Å². The fourth-order valence-electron chi connectivity index (χ4n) is 2.48. The van der Waals surface area contributed by atoms with E-state index in [0.717, 1.165) is 18.9 Å². The summed E-state index contributed by atoms with van der Waals surface area (Å²) in [5.41, 5.74) is 1.17. The topological polar surface area (TPSA) is 41.1 Å². The molecule has 1 unspecified atom stereocenters. The van der Waals surface area contributed by atoms with Crippen molar-refractivity contribution in [1.29, 1.82) is 0 Å². The predicted molar refractivity (Wildman–Crippen MR) is 74.9 cm³/mol. The van der Waals surface area contributed by atoms with Crippen molar-refractivity contribution in [3.63, 3.8) is 0 Å². The summed E-state index contributed by atoms with van der Waals surface area (Å²) >= 11 is 0. The maximum Gasteiger partial charge on any atom is 0.151 e. The number of rotatable bonds is 4. The molecule has 18 heavy (non-hydrogen) atoms. The van der Waals surface area contributed by atoms with Crippen molar-refractivity contribution in [2.45, 2.75) is 52.1 Å². The van der Waals surface area contributed by atoms with Crippen molar-refractivity contribution < 1.29 is 0 Å². The van der Waals surface area contributed by atoms with Gasteiger partial charge in [0.1, 0.15) is 0 Å². The molecule has 4 nitrogen and oxygen atoms in total. The summed E-state index contributed by atoms with van der Waals surface area (Å²) in [4.78, 5) is 2.35. The molecular weight excluding hydrogens is 224 g/mol. The largest absolute Gasteiger partial charge is 0.351 e. The number of nitrogens with one attached hydrogen (secondary N) is 1. The van der Waals surface area contributed by atoms with E-state index in [-0.39, 0.29) is 0 Å². The normalized spacial score (nSPS) is 20.1. The number of aryl methyl sites for hydroxylation is 1. The highest BCUT2D eigenvalue weighted by Crippen LogP contribution is 2.17. The Morgan fingerprint density at radius 3 is 2.89 bits per heavy atom. The third kappa shape index (κ3) is 3.42. The molecule has 2 rings (SSSR count). The van der Waals surface area contributed by atoms with Crippen LogP contribution in [0.2, 0.25) is 0 Å². The first-order chi connectivity index (χ1) is 8.66. The fraction of sp³-hybridized carbons (Fsp3) is 0.714. The van der Waals surface area contributed by atoms with Gasteiger partial charge in [-0.2, -0.15) is 5.10 Å². The van der Waals surface area contributed by atoms with Crippen molar-refractivity contribution in [1.82, 2.24) is 15.5 Å². The Balaban J connectivity index is 2.07. The van der Waals surface area contributed by atoms with E-state index in [1.807, 2.05) is 0 Å². The minimum Gasteiger partial charge on any atom is -0.351 e. The summed E-state index contributed by atoms with van der Waals surface area (Å²) in [6.45, 7) is 8.67. The van der Waals surface area contributed by atoms with Gasteiger partial charge in [0.15, 0.2) is 5.82 Å². The van der Waals surface area contributed by atoms with Crippen LogP contribution >= 0.6 is 0 Å². The Morgan fingerprint density at radius 1 is 1.44 bits per heavy atom. The maximum absolute atomic E-state index is 4.27. The molecule has 0 radical (unpaired) electrons. The number of aromatic nitrogens is 2. The van der Waals surface area contributed by atoms with E-state index in [0.29, 0.717) is 12.1 Å². The zero-order chi connectivity index (χ0) is 13.0. The zero-order valence-corrected chi connectivity index (χ0v) is 11.7. The Kier molecular flexibility index (Phi) is 4.53. The Labute approximate surface area is 110 Å². The second-order valence-electron chi connectivity index (χ2n) is 5.48. The number of hydrogen-bond donors (Lipinski definition) is 1. The molecule has 0 spiro atoms. The van der Waals surface area contributed by atoms with Gasteiger partial charge >= 0.3 is 0 Å². The number of piperidine rings is 1. The summed E-state index contributed by atoms with van der Waals surface area (Å²) < 4.78 is 0. The summed E-state index contributed by atoms with van der Waals surface area (Å²) in [5.74, 6) is 0.998. The number of nitrogens with zero attached hydrogens (tertiary/aromatic N) is 3. The van der Waals surface area contributed by atoms with E-state index in [1.165, 1.54) is 24.8 Å². The van der Waals surface area contributed by atoms with Gasteiger partial charge < -0.3 is 10.2 Å². The molecule has 1 aromatic heterocycles. The zero-order valence-electron chi connectivity index (χ0n) is 11.7. The van der Waals surface area contributed by atoms with Crippen LogP contribution in [0.15, 0.2) is 12.3 Å². The lowest BCUT2D eigenvalue weighted by molar-refractivity contribution is 0.392. The van der Waals surface area contributed by atoms with E-state index < -0.39 is 0 Å². The van der Waals surface area contributed by atoms with Crippen molar-refractivity contribution >= 4 is 5.82 Å². The van der Waals surface area contributed by atoms with Crippen LogP contribution in [0.4, 0.5) is 5.82 Å². The molecule has 1 atom stereocenters. The summed E-state index contributed by atoms with van der Waals surface area (Å²) in [6, 6.07) is 3.16. The highest BCUT2D eigenvalue weighted by atomic mass is 15.3. The van der Waals surface area contributed by atoms with Crippen molar-refractivity contribution in [3.05, 3.63) is 17.8 Å². The number of hydrogen-bond acceptors (Lipinski definition) is 4. The lowest BCUT2D eigenvalue weighted by Gasteiger charge is -2.33. The molecule has 0 saturated carbocycles. The van der Waals surface area contributed by atoms with Gasteiger partial charge in [-0.15, -0.1) is 5.10 Å². The molecule has 1 N–H and O–H groups in total. The highest BCUT2D eigenvalue weighted by Gasteiger charge is 2.20. The van der Waals surface area contributed by atoms with E-state index in [1.54, 1.807) is 6.20 Å². The monoisotopic (exact) mass is 248 g/mol. The lowest BCUT2D eigenvalue weighted by atomic mass is 10.0. The highest BCUT2D eigenvalue weighted by molar-refractivity contribution is 5.40. The van der Waals surface area contributed by atoms with Crippen molar-refractivity contribution in [2.24, 2.45) is 0 Å². The molecule has 2 heterocycles. The maximum atomic E-state index is 4.27. The lowest BCUT2D eigenvalue weighted by Crippen LogP contribution is -2.46.